The van der Waals surface area contributed by atoms with Crippen molar-refractivity contribution in [2.24, 2.45) is 10.9 Å². The Bertz CT molecular complexity index is 397. The molecule has 1 heterocycles. The Morgan fingerprint density at radius 3 is 2.63 bits per heavy atom. The highest BCUT2D eigenvalue weighted by molar-refractivity contribution is 5.80. The van der Waals surface area contributed by atoms with Crippen LogP contribution in [0.5, 0.6) is 0 Å². The van der Waals surface area contributed by atoms with E-state index < -0.39 is 5.60 Å². The summed E-state index contributed by atoms with van der Waals surface area (Å²) >= 11 is 0. The summed E-state index contributed by atoms with van der Waals surface area (Å²) in [6.07, 6.45) is 1.55. The number of aliphatic hydroxyl groups is 1. The van der Waals surface area contributed by atoms with Gasteiger partial charge in [0.15, 0.2) is 5.96 Å². The molecule has 0 aliphatic rings. The van der Waals surface area contributed by atoms with Crippen molar-refractivity contribution in [2.75, 3.05) is 13.6 Å². The zero-order valence-corrected chi connectivity index (χ0v) is 12.4. The maximum Gasteiger partial charge on any atom is 0.191 e. The van der Waals surface area contributed by atoms with Gasteiger partial charge in [-0.2, -0.15) is 0 Å². The van der Waals surface area contributed by atoms with Crippen molar-refractivity contribution in [3.63, 3.8) is 0 Å². The van der Waals surface area contributed by atoms with Gasteiger partial charge < -0.3 is 20.2 Å². The second-order valence-electron chi connectivity index (χ2n) is 5.35. The molecule has 0 amide bonds. The molecule has 1 aromatic rings. The first-order valence-electron chi connectivity index (χ1n) is 6.60. The summed E-state index contributed by atoms with van der Waals surface area (Å²) in [5, 5.41) is 16.7. The molecule has 0 saturated carbocycles. The first-order valence-corrected chi connectivity index (χ1v) is 6.60. The monoisotopic (exact) mass is 267 g/mol. The Morgan fingerprint density at radius 2 is 2.16 bits per heavy atom. The van der Waals surface area contributed by atoms with Crippen molar-refractivity contribution < 1.29 is 9.52 Å². The van der Waals surface area contributed by atoms with E-state index in [-0.39, 0.29) is 0 Å². The topological polar surface area (TPSA) is 69.8 Å². The molecule has 5 heteroatoms. The molecule has 1 rings (SSSR count). The number of rotatable bonds is 5. The van der Waals surface area contributed by atoms with Gasteiger partial charge >= 0.3 is 0 Å². The Balaban J connectivity index is 2.54. The predicted molar refractivity (Wildman–Crippen MR) is 77.1 cm³/mol. The van der Waals surface area contributed by atoms with Crippen LogP contribution in [0.2, 0.25) is 0 Å². The van der Waals surface area contributed by atoms with Crippen LogP contribution in [0.3, 0.4) is 0 Å². The molecule has 0 radical (unpaired) electrons. The number of hydrogen-bond acceptors (Lipinski definition) is 3. The van der Waals surface area contributed by atoms with Gasteiger partial charge in [0, 0.05) is 13.1 Å². The lowest BCUT2D eigenvalue weighted by Gasteiger charge is -2.25. The molecule has 0 fully saturated rings. The van der Waals surface area contributed by atoms with Crippen LogP contribution in [-0.4, -0.2) is 30.7 Å². The molecule has 5 nitrogen and oxygen atoms in total. The highest BCUT2D eigenvalue weighted by Gasteiger charge is 2.26. The van der Waals surface area contributed by atoms with Crippen molar-refractivity contribution in [3.05, 3.63) is 24.2 Å². The van der Waals surface area contributed by atoms with E-state index in [9.17, 15) is 5.11 Å². The summed E-state index contributed by atoms with van der Waals surface area (Å²) in [5.41, 5.74) is -1.07. The van der Waals surface area contributed by atoms with Crippen molar-refractivity contribution in [1.82, 2.24) is 10.6 Å². The molecule has 0 saturated heterocycles. The molecular weight excluding hydrogens is 242 g/mol. The maximum atomic E-state index is 10.3. The van der Waals surface area contributed by atoms with E-state index in [1.807, 2.05) is 0 Å². The van der Waals surface area contributed by atoms with E-state index in [0.29, 0.717) is 30.2 Å². The fourth-order valence-corrected chi connectivity index (χ4v) is 1.50. The Morgan fingerprint density at radius 1 is 1.47 bits per heavy atom. The zero-order valence-electron chi connectivity index (χ0n) is 12.4. The van der Waals surface area contributed by atoms with Crippen LogP contribution in [0.1, 0.15) is 33.5 Å². The lowest BCUT2D eigenvalue weighted by molar-refractivity contribution is 0.0385. The second kappa shape index (κ2) is 6.61. The molecule has 0 spiro atoms. The van der Waals surface area contributed by atoms with Gasteiger partial charge in [-0.1, -0.05) is 13.8 Å². The summed E-state index contributed by atoms with van der Waals surface area (Å²) < 4.78 is 5.23. The summed E-state index contributed by atoms with van der Waals surface area (Å²) in [4.78, 5) is 4.15. The third kappa shape index (κ3) is 4.59. The van der Waals surface area contributed by atoms with E-state index in [1.54, 1.807) is 32.4 Å². The lowest BCUT2D eigenvalue weighted by atomic mass is 10.0. The van der Waals surface area contributed by atoms with Gasteiger partial charge in [0.05, 0.1) is 12.8 Å². The van der Waals surface area contributed by atoms with Crippen molar-refractivity contribution in [1.29, 1.82) is 0 Å². The molecule has 1 aromatic heterocycles. The van der Waals surface area contributed by atoms with Crippen LogP contribution >= 0.6 is 0 Å². The molecule has 0 aromatic carbocycles. The largest absolute Gasteiger partial charge is 0.466 e. The average molecular weight is 267 g/mol. The Kier molecular flexibility index (Phi) is 5.42. The summed E-state index contributed by atoms with van der Waals surface area (Å²) in [6, 6.07) is 3.83. The van der Waals surface area contributed by atoms with Crippen molar-refractivity contribution >= 4 is 5.96 Å². The summed E-state index contributed by atoms with van der Waals surface area (Å²) in [7, 11) is 1.71. The first-order chi connectivity index (χ1) is 8.86. The van der Waals surface area contributed by atoms with E-state index in [1.165, 1.54) is 0 Å². The van der Waals surface area contributed by atoms with Gasteiger partial charge in [-0.3, -0.25) is 4.99 Å². The average Bonchev–Trinajstić information content (AvgIpc) is 2.88. The third-order valence-corrected chi connectivity index (χ3v) is 3.24. The van der Waals surface area contributed by atoms with E-state index in [4.69, 9.17) is 4.42 Å². The SMILES string of the molecule is CN=C(NCC(C)(O)c1ccco1)NC(C)C(C)C. The second-order valence-corrected chi connectivity index (χ2v) is 5.35. The fraction of sp³-hybridized carbons (Fsp3) is 0.643. The van der Waals surface area contributed by atoms with Crippen LogP contribution in [-0.2, 0) is 5.60 Å². The minimum Gasteiger partial charge on any atom is -0.466 e. The molecule has 2 unspecified atom stereocenters. The number of aliphatic imine (C=N–C) groups is 1. The minimum atomic E-state index is -1.07. The molecule has 3 N–H and O–H groups in total. The number of furan rings is 1. The van der Waals surface area contributed by atoms with E-state index in [2.05, 4.69) is 36.4 Å². The van der Waals surface area contributed by atoms with Gasteiger partial charge in [-0.25, -0.2) is 0 Å². The highest BCUT2D eigenvalue weighted by atomic mass is 16.4. The van der Waals surface area contributed by atoms with Gasteiger partial charge in [0.1, 0.15) is 11.4 Å². The molecule has 2 atom stereocenters. The normalized spacial score (nSPS) is 17.1. The number of hydrogen-bond donors (Lipinski definition) is 3. The zero-order chi connectivity index (χ0) is 14.5. The predicted octanol–water partition coefficient (Wildman–Crippen LogP) is 1.70. The van der Waals surface area contributed by atoms with Crippen LogP contribution in [0.25, 0.3) is 0 Å². The van der Waals surface area contributed by atoms with Crippen LogP contribution in [0.4, 0.5) is 0 Å². The smallest absolute Gasteiger partial charge is 0.191 e. The quantitative estimate of drug-likeness (QED) is 0.561. The molecule has 108 valence electrons. The van der Waals surface area contributed by atoms with Crippen molar-refractivity contribution in [2.45, 2.75) is 39.3 Å². The van der Waals surface area contributed by atoms with Gasteiger partial charge in [-0.15, -0.1) is 0 Å². The fourth-order valence-electron chi connectivity index (χ4n) is 1.50. The van der Waals surface area contributed by atoms with Gasteiger partial charge in [0.25, 0.3) is 0 Å². The molecule has 19 heavy (non-hydrogen) atoms. The van der Waals surface area contributed by atoms with E-state index >= 15 is 0 Å². The van der Waals surface area contributed by atoms with Crippen LogP contribution in [0.15, 0.2) is 27.8 Å². The van der Waals surface area contributed by atoms with Crippen LogP contribution in [0, 0.1) is 5.92 Å². The van der Waals surface area contributed by atoms with Crippen molar-refractivity contribution in [3.8, 4) is 0 Å². The van der Waals surface area contributed by atoms with E-state index in [0.717, 1.165) is 0 Å². The Labute approximate surface area is 115 Å². The summed E-state index contributed by atoms with van der Waals surface area (Å²) in [6.45, 7) is 8.42. The molecule has 0 bridgehead atoms. The van der Waals surface area contributed by atoms with Gasteiger partial charge in [0.2, 0.25) is 0 Å². The number of guanidine groups is 1. The third-order valence-electron chi connectivity index (χ3n) is 3.24. The minimum absolute atomic E-state index is 0.305. The number of nitrogens with zero attached hydrogens (tertiary/aromatic N) is 1. The number of nitrogens with one attached hydrogen (secondary N) is 2. The molecular formula is C14H25N3O2. The standard InChI is InChI=1S/C14H25N3O2/c1-10(2)11(3)17-13(15-5)16-9-14(4,18)12-7-6-8-19-12/h6-8,10-11,18H,9H2,1-5H3,(H2,15,16,17). The molecule has 0 aliphatic carbocycles. The van der Waals surface area contributed by atoms with Gasteiger partial charge in [-0.05, 0) is 31.9 Å². The maximum absolute atomic E-state index is 10.3. The highest BCUT2D eigenvalue weighted by Crippen LogP contribution is 2.19. The Hall–Kier alpha value is -1.49. The summed E-state index contributed by atoms with van der Waals surface area (Å²) in [5.74, 6) is 1.71. The van der Waals surface area contributed by atoms with Crippen LogP contribution < -0.4 is 10.6 Å². The lowest BCUT2D eigenvalue weighted by Crippen LogP contribution is -2.48. The first kappa shape index (κ1) is 15.6. The molecule has 0 aliphatic heterocycles.